The first-order valence-corrected chi connectivity index (χ1v) is 13.7. The fourth-order valence-electron chi connectivity index (χ4n) is 3.62. The molecular formula is C26H36ClN3O4S. The number of carbonyl (C=O) groups excluding carboxylic acids is 2. The molecule has 192 valence electrons. The maximum Gasteiger partial charge on any atom is 0.242 e. The van der Waals surface area contributed by atoms with Gasteiger partial charge in [-0.15, -0.1) is 0 Å². The van der Waals surface area contributed by atoms with Crippen LogP contribution in [-0.4, -0.2) is 55.6 Å². The number of nitrogens with zero attached hydrogens (tertiary/aromatic N) is 2. The summed E-state index contributed by atoms with van der Waals surface area (Å²) in [7, 11) is -2.12. The molecule has 0 aromatic heterocycles. The van der Waals surface area contributed by atoms with Crippen molar-refractivity contribution in [3.05, 3.63) is 65.2 Å². The molecule has 0 fully saturated rings. The van der Waals surface area contributed by atoms with Gasteiger partial charge in [0.1, 0.15) is 6.04 Å². The number of hydrogen-bond donors (Lipinski definition) is 1. The smallest absolute Gasteiger partial charge is 0.242 e. The van der Waals surface area contributed by atoms with Crippen LogP contribution in [0.2, 0.25) is 5.02 Å². The molecule has 0 spiro atoms. The molecule has 0 aliphatic rings. The Labute approximate surface area is 214 Å². The Hall–Kier alpha value is -2.42. The maximum absolute atomic E-state index is 13.3. The molecule has 2 rings (SSSR count). The van der Waals surface area contributed by atoms with Crippen molar-refractivity contribution < 1.29 is 18.0 Å². The van der Waals surface area contributed by atoms with Gasteiger partial charge in [0.05, 0.1) is 4.90 Å². The largest absolute Gasteiger partial charge is 0.354 e. The van der Waals surface area contributed by atoms with E-state index >= 15 is 0 Å². The summed E-state index contributed by atoms with van der Waals surface area (Å²) in [6.07, 6.45) is 0.921. The minimum Gasteiger partial charge on any atom is -0.354 e. The van der Waals surface area contributed by atoms with E-state index < -0.39 is 16.1 Å². The molecular weight excluding hydrogens is 486 g/mol. The molecule has 9 heteroatoms. The Bertz CT molecular complexity index is 1060. The molecule has 0 bridgehead atoms. The lowest BCUT2D eigenvalue weighted by atomic mass is 10.1. The van der Waals surface area contributed by atoms with Gasteiger partial charge >= 0.3 is 0 Å². The Morgan fingerprint density at radius 3 is 2.23 bits per heavy atom. The van der Waals surface area contributed by atoms with E-state index in [2.05, 4.69) is 5.32 Å². The van der Waals surface area contributed by atoms with E-state index in [9.17, 15) is 18.0 Å². The van der Waals surface area contributed by atoms with E-state index in [4.69, 9.17) is 11.6 Å². The zero-order valence-electron chi connectivity index (χ0n) is 20.9. The summed E-state index contributed by atoms with van der Waals surface area (Å²) < 4.78 is 26.8. The highest BCUT2D eigenvalue weighted by Crippen LogP contribution is 2.18. The van der Waals surface area contributed by atoms with E-state index in [-0.39, 0.29) is 36.2 Å². The fourth-order valence-corrected chi connectivity index (χ4v) is 4.97. The number of sulfonamides is 1. The van der Waals surface area contributed by atoms with Crippen LogP contribution in [0.4, 0.5) is 0 Å². The lowest BCUT2D eigenvalue weighted by Gasteiger charge is -2.31. The quantitative estimate of drug-likeness (QED) is 0.425. The van der Waals surface area contributed by atoms with Gasteiger partial charge in [0.25, 0.3) is 0 Å². The lowest BCUT2D eigenvalue weighted by molar-refractivity contribution is -0.141. The molecule has 0 heterocycles. The van der Waals surface area contributed by atoms with E-state index in [1.165, 1.54) is 11.4 Å². The molecule has 35 heavy (non-hydrogen) atoms. The van der Waals surface area contributed by atoms with Crippen molar-refractivity contribution in [3.8, 4) is 0 Å². The van der Waals surface area contributed by atoms with E-state index in [1.807, 2.05) is 32.9 Å². The summed E-state index contributed by atoms with van der Waals surface area (Å²) in [5.74, 6) is -0.0942. The lowest BCUT2D eigenvalue weighted by Crippen LogP contribution is -2.49. The predicted molar refractivity (Wildman–Crippen MR) is 139 cm³/mol. The van der Waals surface area contributed by atoms with Gasteiger partial charge in [-0.3, -0.25) is 9.59 Å². The topological polar surface area (TPSA) is 86.8 Å². The third-order valence-electron chi connectivity index (χ3n) is 5.65. The average Bonchev–Trinajstić information content (AvgIpc) is 2.84. The van der Waals surface area contributed by atoms with Gasteiger partial charge in [-0.2, -0.15) is 0 Å². The zero-order valence-corrected chi connectivity index (χ0v) is 22.5. The third kappa shape index (κ3) is 8.63. The zero-order chi connectivity index (χ0) is 26.0. The molecule has 0 saturated heterocycles. The number of amides is 2. The second kappa shape index (κ2) is 13.6. The maximum atomic E-state index is 13.3. The molecule has 1 N–H and O–H groups in total. The molecule has 2 aromatic carbocycles. The summed E-state index contributed by atoms with van der Waals surface area (Å²) in [6.45, 7) is 6.88. The molecule has 0 aliphatic carbocycles. The van der Waals surface area contributed by atoms with Crippen molar-refractivity contribution in [2.45, 2.75) is 57.5 Å². The van der Waals surface area contributed by atoms with Crippen LogP contribution in [-0.2, 0) is 26.2 Å². The molecule has 2 amide bonds. The van der Waals surface area contributed by atoms with Gasteiger partial charge in [0.2, 0.25) is 21.8 Å². The molecule has 1 atom stereocenters. The van der Waals surface area contributed by atoms with Gasteiger partial charge in [0, 0.05) is 38.1 Å². The highest BCUT2D eigenvalue weighted by molar-refractivity contribution is 7.89. The predicted octanol–water partition coefficient (Wildman–Crippen LogP) is 4.32. The Kier molecular flexibility index (Phi) is 11.2. The van der Waals surface area contributed by atoms with Gasteiger partial charge in [-0.25, -0.2) is 12.7 Å². The van der Waals surface area contributed by atoms with Crippen molar-refractivity contribution >= 4 is 33.4 Å². The monoisotopic (exact) mass is 521 g/mol. The number of carbonyl (C=O) groups is 2. The standard InChI is InChI=1S/C26H36ClN3O4S/c1-5-24(26(32)28-18-20(2)3)30(19-21-13-15-22(27)16-14-21)25(31)12-9-17-29(4)35(33,34)23-10-7-6-8-11-23/h6-8,10-11,13-16,20,24H,5,9,12,17-19H2,1-4H3,(H,28,32)/t24-/m0/s1. The van der Waals surface area contributed by atoms with Crippen molar-refractivity contribution in [3.63, 3.8) is 0 Å². The molecule has 0 radical (unpaired) electrons. The normalized spacial score (nSPS) is 12.5. The third-order valence-corrected chi connectivity index (χ3v) is 7.77. The SMILES string of the molecule is CC[C@@H](C(=O)NCC(C)C)N(Cc1ccc(Cl)cc1)C(=O)CCCN(C)S(=O)(=O)c1ccccc1. The minimum atomic E-state index is -3.63. The average molecular weight is 522 g/mol. The Morgan fingerprint density at radius 1 is 1.03 bits per heavy atom. The molecule has 7 nitrogen and oxygen atoms in total. The van der Waals surface area contributed by atoms with Gasteiger partial charge in [0.15, 0.2) is 0 Å². The number of rotatable bonds is 13. The second-order valence-electron chi connectivity index (χ2n) is 8.95. The van der Waals surface area contributed by atoms with E-state index in [0.717, 1.165) is 5.56 Å². The molecule has 0 unspecified atom stereocenters. The minimum absolute atomic E-state index is 0.121. The number of halogens is 1. The van der Waals surface area contributed by atoms with Crippen LogP contribution in [0.5, 0.6) is 0 Å². The summed E-state index contributed by atoms with van der Waals surface area (Å²) in [5.41, 5.74) is 0.863. The van der Waals surface area contributed by atoms with Crippen molar-refractivity contribution in [1.29, 1.82) is 0 Å². The van der Waals surface area contributed by atoms with Crippen LogP contribution >= 0.6 is 11.6 Å². The summed E-state index contributed by atoms with van der Waals surface area (Å²) in [4.78, 5) is 28.0. The molecule has 0 saturated carbocycles. The van der Waals surface area contributed by atoms with Crippen molar-refractivity contribution in [2.24, 2.45) is 5.92 Å². The van der Waals surface area contributed by atoms with Crippen LogP contribution in [0.15, 0.2) is 59.5 Å². The van der Waals surface area contributed by atoms with E-state index in [1.54, 1.807) is 47.4 Å². The number of benzene rings is 2. The number of hydrogen-bond acceptors (Lipinski definition) is 4. The van der Waals surface area contributed by atoms with Crippen molar-refractivity contribution in [1.82, 2.24) is 14.5 Å². The number of nitrogens with one attached hydrogen (secondary N) is 1. The van der Waals surface area contributed by atoms with Crippen molar-refractivity contribution in [2.75, 3.05) is 20.1 Å². The van der Waals surface area contributed by atoms with Gasteiger partial charge < -0.3 is 10.2 Å². The first kappa shape index (κ1) is 28.8. The van der Waals surface area contributed by atoms with Gasteiger partial charge in [-0.05, 0) is 48.6 Å². The first-order valence-electron chi connectivity index (χ1n) is 11.9. The second-order valence-corrected chi connectivity index (χ2v) is 11.4. The van der Waals surface area contributed by atoms with Gasteiger partial charge in [-0.1, -0.05) is 62.7 Å². The highest BCUT2D eigenvalue weighted by Gasteiger charge is 2.29. The van der Waals surface area contributed by atoms with Crippen LogP contribution < -0.4 is 5.32 Å². The molecule has 2 aromatic rings. The van der Waals surface area contributed by atoms with Crippen LogP contribution in [0.25, 0.3) is 0 Å². The first-order chi connectivity index (χ1) is 16.6. The Balaban J connectivity index is 2.11. The summed E-state index contributed by atoms with van der Waals surface area (Å²) in [5, 5.41) is 3.53. The van der Waals surface area contributed by atoms with E-state index in [0.29, 0.717) is 30.3 Å². The fraction of sp³-hybridized carbons (Fsp3) is 0.462. The van der Waals surface area contributed by atoms with Crippen LogP contribution in [0.3, 0.4) is 0 Å². The summed E-state index contributed by atoms with van der Waals surface area (Å²) >= 11 is 6.00. The van der Waals surface area contributed by atoms with Crippen LogP contribution in [0.1, 0.15) is 45.6 Å². The highest BCUT2D eigenvalue weighted by atomic mass is 35.5. The summed E-state index contributed by atoms with van der Waals surface area (Å²) in [6, 6.07) is 14.8. The van der Waals surface area contributed by atoms with Crippen LogP contribution in [0, 0.1) is 5.92 Å². The Morgan fingerprint density at radius 2 is 1.66 bits per heavy atom. The molecule has 0 aliphatic heterocycles.